The average Bonchev–Trinajstić information content (AvgIpc) is 2.42. The molecule has 2 amide bonds. The highest BCUT2D eigenvalue weighted by molar-refractivity contribution is 5.98. The molecule has 1 aliphatic rings. The molecule has 5 heteroatoms. The van der Waals surface area contributed by atoms with E-state index in [0.29, 0.717) is 0 Å². The molecule has 20 heavy (non-hydrogen) atoms. The molecule has 0 radical (unpaired) electrons. The quantitative estimate of drug-likeness (QED) is 0.880. The third-order valence-electron chi connectivity index (χ3n) is 3.39. The van der Waals surface area contributed by atoms with Crippen LogP contribution in [0.2, 0.25) is 0 Å². The van der Waals surface area contributed by atoms with Gasteiger partial charge in [-0.2, -0.15) is 0 Å². The largest absolute Gasteiger partial charge is 0.326 e. The number of benzene rings is 1. The molecule has 0 aliphatic carbocycles. The van der Waals surface area contributed by atoms with Crippen LogP contribution >= 0.6 is 0 Å². The van der Waals surface area contributed by atoms with Crippen molar-refractivity contribution in [1.29, 1.82) is 0 Å². The van der Waals surface area contributed by atoms with Gasteiger partial charge in [0.25, 0.3) is 0 Å². The molecule has 5 nitrogen and oxygen atoms in total. The van der Waals surface area contributed by atoms with Crippen molar-refractivity contribution >= 4 is 23.2 Å². The minimum absolute atomic E-state index is 0.0798. The number of nitrogens with zero attached hydrogens (tertiary/aromatic N) is 1. The van der Waals surface area contributed by atoms with Crippen LogP contribution in [-0.2, 0) is 9.59 Å². The van der Waals surface area contributed by atoms with E-state index in [1.54, 1.807) is 0 Å². The fraction of sp³-hybridized carbons (Fsp3) is 0.467. The maximum atomic E-state index is 12.4. The molecule has 2 N–H and O–H groups in total. The lowest BCUT2D eigenvalue weighted by Crippen LogP contribution is -2.50. The number of carbonyl (C=O) groups is 2. The molecule has 2 rings (SSSR count). The second-order valence-corrected chi connectivity index (χ2v) is 4.97. The van der Waals surface area contributed by atoms with Gasteiger partial charge >= 0.3 is 0 Å². The second kappa shape index (κ2) is 6.52. The molecule has 1 unspecified atom stereocenters. The smallest absolute Gasteiger partial charge is 0.244 e. The number of amides is 2. The predicted octanol–water partition coefficient (Wildman–Crippen LogP) is 1.75. The van der Waals surface area contributed by atoms with E-state index in [1.165, 1.54) is 6.92 Å². The van der Waals surface area contributed by atoms with Crippen LogP contribution in [0.3, 0.4) is 0 Å². The highest BCUT2D eigenvalue weighted by Gasteiger charge is 2.28. The summed E-state index contributed by atoms with van der Waals surface area (Å²) in [5.74, 6) is 0.0318. The molecular weight excluding hydrogens is 254 g/mol. The Morgan fingerprint density at radius 3 is 2.65 bits per heavy atom. The van der Waals surface area contributed by atoms with Gasteiger partial charge in [-0.15, -0.1) is 0 Å². The van der Waals surface area contributed by atoms with E-state index in [2.05, 4.69) is 10.6 Å². The van der Waals surface area contributed by atoms with Gasteiger partial charge in [0.1, 0.15) is 0 Å². The molecule has 0 bridgehead atoms. The first-order valence-corrected chi connectivity index (χ1v) is 7.04. The standard InChI is InChI=1S/C15H21N3O2/c1-3-16-14-5-4-10-18(15(14)20)13-8-6-12(7-9-13)17-11(2)19/h6-9,14,16H,3-5,10H2,1-2H3,(H,17,19). The van der Waals surface area contributed by atoms with E-state index >= 15 is 0 Å². The van der Waals surface area contributed by atoms with E-state index in [1.807, 2.05) is 36.1 Å². The fourth-order valence-electron chi connectivity index (χ4n) is 2.50. The number of likely N-dealkylation sites (N-methyl/N-ethyl adjacent to an activating group) is 1. The van der Waals surface area contributed by atoms with Crippen molar-refractivity contribution in [3.8, 4) is 0 Å². The van der Waals surface area contributed by atoms with Crippen LogP contribution in [0.1, 0.15) is 26.7 Å². The van der Waals surface area contributed by atoms with Crippen LogP contribution in [0.25, 0.3) is 0 Å². The zero-order valence-corrected chi connectivity index (χ0v) is 12.0. The molecular formula is C15H21N3O2. The SMILES string of the molecule is CCNC1CCCN(c2ccc(NC(C)=O)cc2)C1=O. The summed E-state index contributed by atoms with van der Waals surface area (Å²) < 4.78 is 0. The summed E-state index contributed by atoms with van der Waals surface area (Å²) in [7, 11) is 0. The number of carbonyl (C=O) groups excluding carboxylic acids is 2. The molecule has 0 aromatic heterocycles. The van der Waals surface area contributed by atoms with Crippen molar-refractivity contribution < 1.29 is 9.59 Å². The Bertz CT molecular complexity index is 482. The fourth-order valence-corrected chi connectivity index (χ4v) is 2.50. The Morgan fingerprint density at radius 1 is 1.35 bits per heavy atom. The molecule has 108 valence electrons. The van der Waals surface area contributed by atoms with E-state index in [0.717, 1.165) is 37.3 Å². The number of hydrogen-bond acceptors (Lipinski definition) is 3. The highest BCUT2D eigenvalue weighted by atomic mass is 16.2. The van der Waals surface area contributed by atoms with Crippen molar-refractivity contribution in [3.63, 3.8) is 0 Å². The lowest BCUT2D eigenvalue weighted by Gasteiger charge is -2.32. The Labute approximate surface area is 119 Å². The molecule has 1 fully saturated rings. The van der Waals surface area contributed by atoms with Crippen molar-refractivity contribution in [2.45, 2.75) is 32.7 Å². The summed E-state index contributed by atoms with van der Waals surface area (Å²) in [6, 6.07) is 7.31. The van der Waals surface area contributed by atoms with Crippen molar-refractivity contribution in [1.82, 2.24) is 5.32 Å². The van der Waals surface area contributed by atoms with Gasteiger partial charge in [0, 0.05) is 24.8 Å². The van der Waals surface area contributed by atoms with Crippen molar-refractivity contribution in [2.75, 3.05) is 23.3 Å². The maximum absolute atomic E-state index is 12.4. The lowest BCUT2D eigenvalue weighted by molar-refractivity contribution is -0.121. The second-order valence-electron chi connectivity index (χ2n) is 4.97. The number of hydrogen-bond donors (Lipinski definition) is 2. The molecule has 1 saturated heterocycles. The van der Waals surface area contributed by atoms with E-state index in [-0.39, 0.29) is 17.9 Å². The van der Waals surface area contributed by atoms with Gasteiger partial charge < -0.3 is 15.5 Å². The Hall–Kier alpha value is -1.88. The number of anilines is 2. The molecule has 0 saturated carbocycles. The number of nitrogens with one attached hydrogen (secondary N) is 2. The third kappa shape index (κ3) is 3.36. The first-order valence-electron chi connectivity index (χ1n) is 7.04. The zero-order valence-electron chi connectivity index (χ0n) is 12.0. The lowest BCUT2D eigenvalue weighted by atomic mass is 10.0. The predicted molar refractivity (Wildman–Crippen MR) is 79.8 cm³/mol. The van der Waals surface area contributed by atoms with Gasteiger partial charge in [0.2, 0.25) is 11.8 Å². The summed E-state index contributed by atoms with van der Waals surface area (Å²) in [5, 5.41) is 5.94. The first-order chi connectivity index (χ1) is 9.61. The summed E-state index contributed by atoms with van der Waals surface area (Å²) in [6.07, 6.45) is 1.89. The summed E-state index contributed by atoms with van der Waals surface area (Å²) in [5.41, 5.74) is 1.63. The number of rotatable bonds is 4. The average molecular weight is 275 g/mol. The van der Waals surface area contributed by atoms with Crippen molar-refractivity contribution in [2.24, 2.45) is 0 Å². The van der Waals surface area contributed by atoms with Gasteiger partial charge in [-0.1, -0.05) is 6.92 Å². The molecule has 1 atom stereocenters. The van der Waals surface area contributed by atoms with Gasteiger partial charge in [-0.25, -0.2) is 0 Å². The van der Waals surface area contributed by atoms with Crippen LogP contribution in [0.5, 0.6) is 0 Å². The van der Waals surface area contributed by atoms with Gasteiger partial charge in [0.05, 0.1) is 6.04 Å². The minimum atomic E-state index is -0.0981. The van der Waals surface area contributed by atoms with E-state index < -0.39 is 0 Å². The van der Waals surface area contributed by atoms with Crippen LogP contribution < -0.4 is 15.5 Å². The van der Waals surface area contributed by atoms with Crippen molar-refractivity contribution in [3.05, 3.63) is 24.3 Å². The third-order valence-corrected chi connectivity index (χ3v) is 3.39. The molecule has 1 aliphatic heterocycles. The van der Waals surface area contributed by atoms with Crippen LogP contribution in [0.4, 0.5) is 11.4 Å². The first kappa shape index (κ1) is 14.5. The minimum Gasteiger partial charge on any atom is -0.326 e. The Kier molecular flexibility index (Phi) is 4.74. The van der Waals surface area contributed by atoms with E-state index in [4.69, 9.17) is 0 Å². The summed E-state index contributed by atoms with van der Waals surface area (Å²) in [4.78, 5) is 25.2. The van der Waals surface area contributed by atoms with Gasteiger partial charge in [0.15, 0.2) is 0 Å². The number of piperidine rings is 1. The van der Waals surface area contributed by atoms with E-state index in [9.17, 15) is 9.59 Å². The van der Waals surface area contributed by atoms with Crippen LogP contribution in [0.15, 0.2) is 24.3 Å². The topological polar surface area (TPSA) is 61.4 Å². The Morgan fingerprint density at radius 2 is 2.05 bits per heavy atom. The molecule has 0 spiro atoms. The normalized spacial score (nSPS) is 19.0. The van der Waals surface area contributed by atoms with Gasteiger partial charge in [-0.3, -0.25) is 9.59 Å². The highest BCUT2D eigenvalue weighted by Crippen LogP contribution is 2.23. The maximum Gasteiger partial charge on any atom is 0.244 e. The van der Waals surface area contributed by atoms with Crippen LogP contribution in [0, 0.1) is 0 Å². The van der Waals surface area contributed by atoms with Crippen LogP contribution in [-0.4, -0.2) is 30.9 Å². The Balaban J connectivity index is 2.10. The summed E-state index contributed by atoms with van der Waals surface area (Å²) >= 11 is 0. The summed E-state index contributed by atoms with van der Waals surface area (Å²) in [6.45, 7) is 5.03. The van der Waals surface area contributed by atoms with Gasteiger partial charge in [-0.05, 0) is 43.7 Å². The monoisotopic (exact) mass is 275 g/mol. The molecule has 1 aromatic carbocycles. The molecule has 1 heterocycles. The zero-order chi connectivity index (χ0) is 14.5. The molecule has 1 aromatic rings.